The van der Waals surface area contributed by atoms with E-state index >= 15 is 0 Å². The Labute approximate surface area is 180 Å². The highest BCUT2D eigenvalue weighted by atomic mass is 35.5. The van der Waals surface area contributed by atoms with E-state index in [9.17, 15) is 9.59 Å². The molecule has 0 fully saturated rings. The molecule has 0 atom stereocenters. The Morgan fingerprint density at radius 3 is 2.89 bits per heavy atom. The van der Waals surface area contributed by atoms with Crippen molar-refractivity contribution in [1.82, 2.24) is 10.3 Å². The number of hydrogen-bond acceptors (Lipinski definition) is 6. The molecule has 2 heterocycles. The maximum Gasteiger partial charge on any atom is 0.236 e. The summed E-state index contributed by atoms with van der Waals surface area (Å²) in [7, 11) is 0. The van der Waals surface area contributed by atoms with Gasteiger partial charge in [0.2, 0.25) is 11.8 Å². The summed E-state index contributed by atoms with van der Waals surface area (Å²) in [6, 6.07) is 11.6. The minimum absolute atomic E-state index is 0.0539. The van der Waals surface area contributed by atoms with Crippen molar-refractivity contribution < 1.29 is 9.59 Å². The second kappa shape index (κ2) is 10.1. The summed E-state index contributed by atoms with van der Waals surface area (Å²) in [4.78, 5) is 29.7. The molecule has 3 aromatic rings. The van der Waals surface area contributed by atoms with E-state index in [1.165, 1.54) is 30.0 Å². The molecular formula is C19H18ClN3O2S3. The van der Waals surface area contributed by atoms with Crippen LogP contribution < -0.4 is 10.6 Å². The normalized spacial score (nSPS) is 10.6. The number of thiazole rings is 1. The molecule has 2 aromatic heterocycles. The summed E-state index contributed by atoms with van der Waals surface area (Å²) in [6.45, 7) is 2.01. The summed E-state index contributed by atoms with van der Waals surface area (Å²) in [5.74, 6) is 0.942. The van der Waals surface area contributed by atoms with Crippen molar-refractivity contribution in [3.05, 3.63) is 57.2 Å². The van der Waals surface area contributed by atoms with Crippen molar-refractivity contribution in [3.63, 3.8) is 0 Å². The van der Waals surface area contributed by atoms with Crippen molar-refractivity contribution in [1.29, 1.82) is 0 Å². The van der Waals surface area contributed by atoms with Crippen molar-refractivity contribution in [2.75, 3.05) is 11.1 Å². The molecule has 0 aliphatic carbocycles. The Bertz CT molecular complexity index is 971. The number of thiophene rings is 1. The lowest BCUT2D eigenvalue weighted by atomic mass is 10.2. The summed E-state index contributed by atoms with van der Waals surface area (Å²) >= 11 is 10.5. The van der Waals surface area contributed by atoms with Crippen LogP contribution in [0, 0.1) is 0 Å². The first-order chi connectivity index (χ1) is 13.5. The van der Waals surface area contributed by atoms with Gasteiger partial charge in [0.15, 0.2) is 5.13 Å². The van der Waals surface area contributed by atoms with Gasteiger partial charge >= 0.3 is 0 Å². The third-order valence-electron chi connectivity index (χ3n) is 3.57. The van der Waals surface area contributed by atoms with E-state index < -0.39 is 0 Å². The first-order valence-electron chi connectivity index (χ1n) is 8.40. The van der Waals surface area contributed by atoms with Gasteiger partial charge in [-0.2, -0.15) is 0 Å². The highest BCUT2D eigenvalue weighted by Crippen LogP contribution is 2.31. The minimum atomic E-state index is -0.0783. The van der Waals surface area contributed by atoms with Gasteiger partial charge in [-0.15, -0.1) is 34.4 Å². The van der Waals surface area contributed by atoms with Gasteiger partial charge < -0.3 is 10.6 Å². The van der Waals surface area contributed by atoms with Gasteiger partial charge in [-0.25, -0.2) is 4.98 Å². The van der Waals surface area contributed by atoms with Crippen LogP contribution in [-0.4, -0.2) is 22.6 Å². The first-order valence-corrected chi connectivity index (χ1v) is 11.6. The molecule has 28 heavy (non-hydrogen) atoms. The summed E-state index contributed by atoms with van der Waals surface area (Å²) < 4.78 is 0. The number of benzene rings is 1. The van der Waals surface area contributed by atoms with Crippen LogP contribution in [0.3, 0.4) is 0 Å². The largest absolute Gasteiger partial charge is 0.351 e. The van der Waals surface area contributed by atoms with Gasteiger partial charge in [0.1, 0.15) is 0 Å². The molecule has 0 bridgehead atoms. The monoisotopic (exact) mass is 451 g/mol. The molecule has 1 aromatic carbocycles. The second-order valence-corrected chi connectivity index (χ2v) is 9.33. The molecule has 146 valence electrons. The number of amides is 2. The standard InChI is InChI=1S/C19H18ClN3O2S3/c1-12(24)21-8-15-5-6-17(28-15)16-10-27-19(22-16)23-18(25)11-26-9-13-3-2-4-14(20)7-13/h2-7,10H,8-9,11H2,1H3,(H,21,24)(H,22,23,25). The van der Waals surface area contributed by atoms with Crippen LogP contribution in [0.25, 0.3) is 10.6 Å². The SMILES string of the molecule is CC(=O)NCc1ccc(-c2csc(NC(=O)CSCc3cccc(Cl)c3)n2)s1. The Hall–Kier alpha value is -1.87. The van der Waals surface area contributed by atoms with Gasteiger partial charge in [-0.3, -0.25) is 9.59 Å². The molecule has 2 N–H and O–H groups in total. The predicted octanol–water partition coefficient (Wildman–Crippen LogP) is 5.03. The van der Waals surface area contributed by atoms with Crippen LogP contribution in [0.15, 0.2) is 41.8 Å². The molecule has 3 rings (SSSR count). The molecular weight excluding hydrogens is 434 g/mol. The molecule has 0 unspecified atom stereocenters. The number of thioether (sulfide) groups is 1. The third-order valence-corrected chi connectivity index (χ3v) is 6.67. The van der Waals surface area contributed by atoms with E-state index in [0.717, 1.165) is 26.8 Å². The van der Waals surface area contributed by atoms with Crippen molar-refractivity contribution >= 4 is 63.0 Å². The number of carbonyl (C=O) groups excluding carboxylic acids is 2. The lowest BCUT2D eigenvalue weighted by molar-refractivity contribution is -0.119. The van der Waals surface area contributed by atoms with E-state index in [0.29, 0.717) is 22.5 Å². The zero-order valence-electron chi connectivity index (χ0n) is 15.0. The highest BCUT2D eigenvalue weighted by molar-refractivity contribution is 7.99. The fraction of sp³-hybridized carbons (Fsp3) is 0.211. The van der Waals surface area contributed by atoms with Crippen molar-refractivity contribution in [2.45, 2.75) is 19.2 Å². The summed E-state index contributed by atoms with van der Waals surface area (Å²) in [6.07, 6.45) is 0. The lowest BCUT2D eigenvalue weighted by Gasteiger charge is -2.03. The number of nitrogens with zero attached hydrogens (tertiary/aromatic N) is 1. The average Bonchev–Trinajstić information content (AvgIpc) is 3.29. The summed E-state index contributed by atoms with van der Waals surface area (Å²) in [5.41, 5.74) is 1.92. The fourth-order valence-electron chi connectivity index (χ4n) is 2.31. The number of hydrogen-bond donors (Lipinski definition) is 2. The van der Waals surface area contributed by atoms with Gasteiger partial charge in [0, 0.05) is 28.0 Å². The number of nitrogens with one attached hydrogen (secondary N) is 2. The predicted molar refractivity (Wildman–Crippen MR) is 119 cm³/mol. The molecule has 2 amide bonds. The molecule has 0 aliphatic rings. The Kier molecular flexibility index (Phi) is 7.50. The van der Waals surface area contributed by atoms with Crippen LogP contribution in [-0.2, 0) is 21.9 Å². The van der Waals surface area contributed by atoms with Crippen LogP contribution in [0.2, 0.25) is 5.02 Å². The first kappa shape index (κ1) is 20.9. The number of aromatic nitrogens is 1. The minimum Gasteiger partial charge on any atom is -0.351 e. The number of carbonyl (C=O) groups is 2. The van der Waals surface area contributed by atoms with Gasteiger partial charge in [-0.1, -0.05) is 23.7 Å². The Morgan fingerprint density at radius 1 is 1.25 bits per heavy atom. The van der Waals surface area contributed by atoms with Crippen molar-refractivity contribution in [3.8, 4) is 10.6 Å². The van der Waals surface area contributed by atoms with E-state index in [-0.39, 0.29) is 11.8 Å². The van der Waals surface area contributed by atoms with Crippen LogP contribution >= 0.6 is 46.0 Å². The number of rotatable bonds is 8. The van der Waals surface area contributed by atoms with Crippen LogP contribution in [0.1, 0.15) is 17.4 Å². The highest BCUT2D eigenvalue weighted by Gasteiger charge is 2.10. The lowest BCUT2D eigenvalue weighted by Crippen LogP contribution is -2.17. The Balaban J connectivity index is 1.48. The fourth-order valence-corrected chi connectivity index (χ4v) is 5.01. The van der Waals surface area contributed by atoms with Crippen LogP contribution in [0.4, 0.5) is 5.13 Å². The molecule has 5 nitrogen and oxygen atoms in total. The van der Waals surface area contributed by atoms with Gasteiger partial charge in [-0.05, 0) is 29.8 Å². The maximum atomic E-state index is 12.1. The van der Waals surface area contributed by atoms with Crippen molar-refractivity contribution in [2.24, 2.45) is 0 Å². The smallest absolute Gasteiger partial charge is 0.236 e. The topological polar surface area (TPSA) is 71.1 Å². The summed E-state index contributed by atoms with van der Waals surface area (Å²) in [5, 5.41) is 8.83. The molecule has 0 spiro atoms. The van der Waals surface area contributed by atoms with E-state index in [2.05, 4.69) is 15.6 Å². The molecule has 0 saturated carbocycles. The zero-order chi connectivity index (χ0) is 19.9. The Morgan fingerprint density at radius 2 is 2.11 bits per heavy atom. The number of anilines is 1. The molecule has 9 heteroatoms. The van der Waals surface area contributed by atoms with Gasteiger partial charge in [0.25, 0.3) is 0 Å². The molecule has 0 saturated heterocycles. The maximum absolute atomic E-state index is 12.1. The average molecular weight is 452 g/mol. The number of halogens is 1. The van der Waals surface area contributed by atoms with E-state index in [1.54, 1.807) is 11.3 Å². The zero-order valence-corrected chi connectivity index (χ0v) is 18.2. The molecule has 0 aliphatic heterocycles. The second-order valence-electron chi connectivity index (χ2n) is 5.88. The van der Waals surface area contributed by atoms with Crippen LogP contribution in [0.5, 0.6) is 0 Å². The van der Waals surface area contributed by atoms with Gasteiger partial charge in [0.05, 0.1) is 22.9 Å². The quantitative estimate of drug-likeness (QED) is 0.503. The third kappa shape index (κ3) is 6.34. The van der Waals surface area contributed by atoms with E-state index in [4.69, 9.17) is 11.6 Å². The van der Waals surface area contributed by atoms with E-state index in [1.807, 2.05) is 41.8 Å². The molecule has 0 radical (unpaired) electrons.